The van der Waals surface area contributed by atoms with Crippen LogP contribution in [0.3, 0.4) is 0 Å². The number of hydrogen-bond donors (Lipinski definition) is 7. The smallest absolute Gasteiger partial charge is 0.378 e. The van der Waals surface area contributed by atoms with Crippen molar-refractivity contribution in [3.8, 4) is 0 Å². The Balaban J connectivity index is 1.86. The third-order valence-electron chi connectivity index (χ3n) is 6.49. The van der Waals surface area contributed by atoms with Crippen LogP contribution in [0.1, 0.15) is 71.1 Å². The number of hydrogen-bond acceptors (Lipinski definition) is 12. The van der Waals surface area contributed by atoms with E-state index in [0.29, 0.717) is 6.42 Å². The monoisotopic (exact) mass is 520 g/mol. The lowest BCUT2D eigenvalue weighted by atomic mass is 9.98. The highest BCUT2D eigenvalue weighted by atomic mass is 16.7. The second kappa shape index (κ2) is 14.8. The van der Waals surface area contributed by atoms with E-state index in [9.17, 15) is 45.3 Å². The fourth-order valence-corrected chi connectivity index (χ4v) is 4.19. The molecule has 7 N–H and O–H groups in total. The molecule has 1 saturated heterocycles. The molecule has 2 rings (SSSR count). The van der Waals surface area contributed by atoms with Crippen LogP contribution in [-0.2, 0) is 23.8 Å². The average molecular weight is 521 g/mol. The van der Waals surface area contributed by atoms with Crippen molar-refractivity contribution >= 4 is 11.8 Å². The van der Waals surface area contributed by atoms with Crippen molar-refractivity contribution in [1.82, 2.24) is 0 Å². The molecule has 1 fully saturated rings. The van der Waals surface area contributed by atoms with E-state index in [1.54, 1.807) is 0 Å². The van der Waals surface area contributed by atoms with Crippen molar-refractivity contribution in [2.24, 2.45) is 0 Å². The van der Waals surface area contributed by atoms with Crippen molar-refractivity contribution in [3.63, 3.8) is 0 Å². The number of unbranched alkanes of at least 4 members (excludes halogenated alkanes) is 8. The molecule has 208 valence electrons. The molecule has 8 atom stereocenters. The zero-order chi connectivity index (χ0) is 26.8. The summed E-state index contributed by atoms with van der Waals surface area (Å²) in [6.45, 7) is 1.42. The number of ether oxygens (including phenoxy) is 3. The number of carbonyl (C=O) groups is 2. The van der Waals surface area contributed by atoms with Gasteiger partial charge < -0.3 is 50.0 Å². The summed E-state index contributed by atoms with van der Waals surface area (Å²) in [5, 5.41) is 69.9. The van der Waals surface area contributed by atoms with Crippen LogP contribution in [0, 0.1) is 0 Å². The molecule has 0 saturated carbocycles. The molecule has 0 spiro atoms. The highest BCUT2D eigenvalue weighted by Gasteiger charge is 2.49. The Kier molecular flexibility index (Phi) is 12.5. The lowest BCUT2D eigenvalue weighted by Crippen LogP contribution is -2.59. The van der Waals surface area contributed by atoms with Crippen LogP contribution in [0.15, 0.2) is 11.5 Å². The lowest BCUT2D eigenvalue weighted by Gasteiger charge is -2.39. The van der Waals surface area contributed by atoms with Gasteiger partial charge in [-0.3, -0.25) is 4.79 Å². The normalized spacial score (nSPS) is 30.2. The topological polar surface area (TPSA) is 203 Å². The van der Waals surface area contributed by atoms with Crippen molar-refractivity contribution < 1.29 is 59.5 Å². The minimum atomic E-state index is -1.98. The second-order valence-electron chi connectivity index (χ2n) is 9.34. The maximum absolute atomic E-state index is 12.3. The average Bonchev–Trinajstić information content (AvgIpc) is 3.15. The van der Waals surface area contributed by atoms with Gasteiger partial charge in [0.15, 0.2) is 17.6 Å². The first-order valence-corrected chi connectivity index (χ1v) is 12.6. The van der Waals surface area contributed by atoms with Crippen molar-refractivity contribution in [2.75, 3.05) is 6.61 Å². The SMILES string of the molecule is CCCCCCCCCCCC(=O)C(O)[C@H](O)[C@H]1OC(=O)C(O[C@H]2O[C@H](CO)[C@@H](O)[C@H](O)[C@H]2O)=C1O. The molecule has 0 aliphatic carbocycles. The number of esters is 1. The molecule has 12 nitrogen and oxygen atoms in total. The molecule has 2 aliphatic rings. The summed E-state index contributed by atoms with van der Waals surface area (Å²) in [7, 11) is 0. The van der Waals surface area contributed by atoms with E-state index in [0.717, 1.165) is 25.7 Å². The fraction of sp³-hybridized carbons (Fsp3) is 0.833. The van der Waals surface area contributed by atoms with E-state index in [-0.39, 0.29) is 6.42 Å². The Hall–Kier alpha value is -1.80. The van der Waals surface area contributed by atoms with E-state index in [2.05, 4.69) is 6.92 Å². The summed E-state index contributed by atoms with van der Waals surface area (Å²) in [6, 6.07) is 0. The number of aliphatic hydroxyl groups is 7. The zero-order valence-corrected chi connectivity index (χ0v) is 20.6. The third-order valence-corrected chi connectivity index (χ3v) is 6.49. The Labute approximate surface area is 210 Å². The second-order valence-corrected chi connectivity index (χ2v) is 9.34. The number of Topliss-reactive ketones (excluding diaryl/α,β-unsaturated/α-hetero) is 1. The van der Waals surface area contributed by atoms with E-state index < -0.39 is 78.9 Å². The zero-order valence-electron chi connectivity index (χ0n) is 20.6. The molecule has 2 heterocycles. The molecule has 1 unspecified atom stereocenters. The Bertz CT molecular complexity index is 739. The van der Waals surface area contributed by atoms with E-state index in [4.69, 9.17) is 14.2 Å². The third kappa shape index (κ3) is 7.85. The van der Waals surface area contributed by atoms with E-state index >= 15 is 0 Å². The van der Waals surface area contributed by atoms with Crippen LogP contribution in [0.4, 0.5) is 0 Å². The molecule has 0 aromatic carbocycles. The van der Waals surface area contributed by atoms with Gasteiger partial charge >= 0.3 is 5.97 Å². The van der Waals surface area contributed by atoms with Crippen molar-refractivity contribution in [2.45, 2.75) is 120 Å². The molecule has 12 heteroatoms. The maximum Gasteiger partial charge on any atom is 0.378 e. The van der Waals surface area contributed by atoms with Gasteiger partial charge in [-0.05, 0) is 6.42 Å². The summed E-state index contributed by atoms with van der Waals surface area (Å²) < 4.78 is 15.1. The molecule has 0 aromatic heterocycles. The molecule has 0 bridgehead atoms. The number of aliphatic hydroxyl groups excluding tert-OH is 7. The molecular weight excluding hydrogens is 480 g/mol. The van der Waals surface area contributed by atoms with Crippen LogP contribution in [0.2, 0.25) is 0 Å². The van der Waals surface area contributed by atoms with E-state index in [1.165, 1.54) is 25.7 Å². The van der Waals surface area contributed by atoms with Crippen LogP contribution in [-0.4, -0.2) is 103 Å². The van der Waals surface area contributed by atoms with Crippen LogP contribution in [0.25, 0.3) is 0 Å². The van der Waals surface area contributed by atoms with Gasteiger partial charge in [-0.15, -0.1) is 0 Å². The lowest BCUT2D eigenvalue weighted by molar-refractivity contribution is -0.291. The molecule has 0 amide bonds. The number of cyclic esters (lactones) is 1. The van der Waals surface area contributed by atoms with Crippen LogP contribution >= 0.6 is 0 Å². The Morgan fingerprint density at radius 3 is 2.11 bits per heavy atom. The quantitative estimate of drug-likeness (QED) is 0.104. The largest absolute Gasteiger partial charge is 0.505 e. The number of rotatable bonds is 16. The van der Waals surface area contributed by atoms with Gasteiger partial charge in [0.2, 0.25) is 12.0 Å². The van der Waals surface area contributed by atoms with Crippen molar-refractivity contribution in [3.05, 3.63) is 11.5 Å². The molecule has 36 heavy (non-hydrogen) atoms. The first kappa shape index (κ1) is 30.4. The van der Waals surface area contributed by atoms with E-state index in [1.807, 2.05) is 0 Å². The predicted octanol–water partition coefficient (Wildman–Crippen LogP) is -0.290. The summed E-state index contributed by atoms with van der Waals surface area (Å²) in [6.07, 6.45) is -4.79. The molecular formula is C24H40O12. The van der Waals surface area contributed by atoms with Gasteiger partial charge in [0.05, 0.1) is 6.61 Å². The molecule has 0 radical (unpaired) electrons. The summed E-state index contributed by atoms with van der Waals surface area (Å²) >= 11 is 0. The van der Waals surface area contributed by atoms with Gasteiger partial charge in [0.1, 0.15) is 36.6 Å². The first-order valence-electron chi connectivity index (χ1n) is 12.6. The summed E-state index contributed by atoms with van der Waals surface area (Å²) in [5.74, 6) is -3.76. The number of ketones is 1. The Morgan fingerprint density at radius 2 is 1.53 bits per heavy atom. The summed E-state index contributed by atoms with van der Waals surface area (Å²) in [5.41, 5.74) is 0. The first-order chi connectivity index (χ1) is 17.1. The van der Waals surface area contributed by atoms with Gasteiger partial charge in [-0.25, -0.2) is 4.79 Å². The minimum absolute atomic E-state index is 0.00737. The van der Waals surface area contributed by atoms with Gasteiger partial charge in [-0.2, -0.15) is 0 Å². The van der Waals surface area contributed by atoms with Crippen molar-refractivity contribution in [1.29, 1.82) is 0 Å². The highest BCUT2D eigenvalue weighted by molar-refractivity contribution is 5.90. The predicted molar refractivity (Wildman–Crippen MR) is 123 cm³/mol. The maximum atomic E-state index is 12.3. The highest BCUT2D eigenvalue weighted by Crippen LogP contribution is 2.30. The van der Waals surface area contributed by atoms with Crippen LogP contribution < -0.4 is 0 Å². The standard InChI is InChI=1S/C24H40O12/c1-2-3-4-5-6-7-8-9-10-11-13(26)15(27)18(30)21-20(32)22(23(33)35-21)36-24-19(31)17(29)16(28)14(12-25)34-24/h14-19,21,24-25,27-32H,2-12H2,1H3/t14-,15?,16-,17+,18+,19-,21-,24-/m1/s1. The number of carbonyl (C=O) groups excluding carboxylic acids is 2. The fourth-order valence-electron chi connectivity index (χ4n) is 4.19. The van der Waals surface area contributed by atoms with Gasteiger partial charge in [-0.1, -0.05) is 58.3 Å². The van der Waals surface area contributed by atoms with Crippen LogP contribution in [0.5, 0.6) is 0 Å². The summed E-state index contributed by atoms with van der Waals surface area (Å²) in [4.78, 5) is 24.5. The molecule has 0 aromatic rings. The Morgan fingerprint density at radius 1 is 0.944 bits per heavy atom. The minimum Gasteiger partial charge on any atom is -0.505 e. The van der Waals surface area contributed by atoms with Gasteiger partial charge in [0.25, 0.3) is 0 Å². The van der Waals surface area contributed by atoms with Gasteiger partial charge in [0, 0.05) is 6.42 Å². The molecule has 2 aliphatic heterocycles.